The Balaban J connectivity index is 1.15. The van der Waals surface area contributed by atoms with Crippen LogP contribution in [0, 0.1) is 5.92 Å². The van der Waals surface area contributed by atoms with Crippen molar-refractivity contribution in [3.8, 4) is 11.4 Å². The molecule has 194 valence electrons. The second-order valence-electron chi connectivity index (χ2n) is 9.19. The number of amides is 3. The predicted octanol–water partition coefficient (Wildman–Crippen LogP) is 3.90. The Hall–Kier alpha value is -4.38. The van der Waals surface area contributed by atoms with Crippen LogP contribution in [-0.2, 0) is 16.1 Å². The maximum absolute atomic E-state index is 13.2. The molecular formula is C27H27N7O3S. The average molecular weight is 530 g/mol. The van der Waals surface area contributed by atoms with E-state index in [2.05, 4.69) is 25.9 Å². The molecule has 10 nitrogen and oxygen atoms in total. The number of rotatable bonds is 7. The Labute approximate surface area is 223 Å². The van der Waals surface area contributed by atoms with Gasteiger partial charge in [-0.1, -0.05) is 23.4 Å². The van der Waals surface area contributed by atoms with Crippen molar-refractivity contribution >= 4 is 40.4 Å². The van der Waals surface area contributed by atoms with E-state index in [4.69, 9.17) is 0 Å². The highest BCUT2D eigenvalue weighted by atomic mass is 32.1. The summed E-state index contributed by atoms with van der Waals surface area (Å²) in [7, 11) is 0. The van der Waals surface area contributed by atoms with Crippen molar-refractivity contribution in [2.24, 2.45) is 5.92 Å². The minimum atomic E-state index is -0.186. The predicted molar refractivity (Wildman–Crippen MR) is 145 cm³/mol. The molecule has 0 spiro atoms. The molecule has 3 heterocycles. The van der Waals surface area contributed by atoms with E-state index in [0.717, 1.165) is 11.3 Å². The SMILES string of the molecule is CC(=O)Nc1cccc(NC(=O)C2CCN(C(=O)c3cccc(Cn4cc(-c5cscn5)nn4)c3)CC2)c1. The van der Waals surface area contributed by atoms with Crippen molar-refractivity contribution in [2.75, 3.05) is 23.7 Å². The Morgan fingerprint density at radius 1 is 1.00 bits per heavy atom. The van der Waals surface area contributed by atoms with Gasteiger partial charge < -0.3 is 15.5 Å². The van der Waals surface area contributed by atoms with Crippen LogP contribution in [0.2, 0.25) is 0 Å². The van der Waals surface area contributed by atoms with Crippen LogP contribution in [0.5, 0.6) is 0 Å². The molecule has 2 aromatic carbocycles. The molecule has 0 atom stereocenters. The van der Waals surface area contributed by atoms with E-state index >= 15 is 0 Å². The number of benzene rings is 2. The Morgan fingerprint density at radius 2 is 1.76 bits per heavy atom. The molecule has 2 aromatic heterocycles. The molecule has 5 rings (SSSR count). The first-order valence-corrected chi connectivity index (χ1v) is 13.2. The lowest BCUT2D eigenvalue weighted by Crippen LogP contribution is -2.41. The second-order valence-corrected chi connectivity index (χ2v) is 9.91. The summed E-state index contributed by atoms with van der Waals surface area (Å²) in [5.74, 6) is -0.483. The number of likely N-dealkylation sites (tertiary alicyclic amines) is 1. The molecule has 2 N–H and O–H groups in total. The van der Waals surface area contributed by atoms with Crippen molar-refractivity contribution < 1.29 is 14.4 Å². The van der Waals surface area contributed by atoms with E-state index in [0.29, 0.717) is 55.1 Å². The lowest BCUT2D eigenvalue weighted by molar-refractivity contribution is -0.121. The van der Waals surface area contributed by atoms with Gasteiger partial charge in [0.1, 0.15) is 11.4 Å². The van der Waals surface area contributed by atoms with E-state index in [-0.39, 0.29) is 23.6 Å². The molecule has 1 aliphatic rings. The van der Waals surface area contributed by atoms with Crippen molar-refractivity contribution in [2.45, 2.75) is 26.3 Å². The number of nitrogens with zero attached hydrogens (tertiary/aromatic N) is 5. The van der Waals surface area contributed by atoms with Crippen molar-refractivity contribution in [1.82, 2.24) is 24.9 Å². The number of hydrogen-bond acceptors (Lipinski definition) is 7. The summed E-state index contributed by atoms with van der Waals surface area (Å²) in [5.41, 5.74) is 6.07. The number of anilines is 2. The number of piperidine rings is 1. The molecule has 1 saturated heterocycles. The van der Waals surface area contributed by atoms with Crippen LogP contribution in [-0.4, -0.2) is 55.7 Å². The summed E-state index contributed by atoms with van der Waals surface area (Å²) >= 11 is 1.51. The van der Waals surface area contributed by atoms with Gasteiger partial charge >= 0.3 is 0 Å². The zero-order valence-corrected chi connectivity index (χ0v) is 21.6. The highest BCUT2D eigenvalue weighted by Crippen LogP contribution is 2.23. The van der Waals surface area contributed by atoms with Gasteiger partial charge in [0.15, 0.2) is 0 Å². The van der Waals surface area contributed by atoms with E-state index in [1.807, 2.05) is 35.8 Å². The molecule has 3 amide bonds. The van der Waals surface area contributed by atoms with Gasteiger partial charge in [-0.3, -0.25) is 14.4 Å². The third kappa shape index (κ3) is 6.12. The fourth-order valence-corrected chi connectivity index (χ4v) is 5.02. The summed E-state index contributed by atoms with van der Waals surface area (Å²) in [6.45, 7) is 2.94. The lowest BCUT2D eigenvalue weighted by Gasteiger charge is -2.31. The molecular weight excluding hydrogens is 502 g/mol. The van der Waals surface area contributed by atoms with Crippen molar-refractivity contribution in [3.05, 3.63) is 76.7 Å². The fraction of sp³-hybridized carbons (Fsp3) is 0.259. The van der Waals surface area contributed by atoms with Crippen LogP contribution < -0.4 is 10.6 Å². The average Bonchev–Trinajstić information content (AvgIpc) is 3.61. The molecule has 1 fully saturated rings. The fourth-order valence-electron chi connectivity index (χ4n) is 4.47. The van der Waals surface area contributed by atoms with Gasteiger partial charge in [0.05, 0.1) is 18.3 Å². The Kier molecular flexibility index (Phi) is 7.55. The molecule has 0 unspecified atom stereocenters. The van der Waals surface area contributed by atoms with Crippen LogP contribution in [0.25, 0.3) is 11.4 Å². The minimum absolute atomic E-state index is 0.0459. The summed E-state index contributed by atoms with van der Waals surface area (Å²) < 4.78 is 1.73. The largest absolute Gasteiger partial charge is 0.339 e. The number of nitrogens with one attached hydrogen (secondary N) is 2. The van der Waals surface area contributed by atoms with Gasteiger partial charge in [-0.05, 0) is 48.7 Å². The second kappa shape index (κ2) is 11.3. The van der Waals surface area contributed by atoms with Crippen molar-refractivity contribution in [3.63, 3.8) is 0 Å². The Morgan fingerprint density at radius 3 is 2.50 bits per heavy atom. The van der Waals surface area contributed by atoms with E-state index in [1.54, 1.807) is 39.4 Å². The van der Waals surface area contributed by atoms with Gasteiger partial charge in [-0.25, -0.2) is 9.67 Å². The summed E-state index contributed by atoms with van der Waals surface area (Å²) in [6.07, 6.45) is 3.01. The van der Waals surface area contributed by atoms with Crippen LogP contribution in [0.1, 0.15) is 35.7 Å². The van der Waals surface area contributed by atoms with Crippen LogP contribution >= 0.6 is 11.3 Å². The van der Waals surface area contributed by atoms with Crippen LogP contribution in [0.4, 0.5) is 11.4 Å². The van der Waals surface area contributed by atoms with Crippen LogP contribution in [0.15, 0.2) is 65.6 Å². The minimum Gasteiger partial charge on any atom is -0.339 e. The maximum Gasteiger partial charge on any atom is 0.253 e. The van der Waals surface area contributed by atoms with Gasteiger partial charge in [-0.15, -0.1) is 16.4 Å². The number of carbonyl (C=O) groups is 3. The Bertz CT molecular complexity index is 1440. The van der Waals surface area contributed by atoms with E-state index in [9.17, 15) is 14.4 Å². The number of aromatic nitrogens is 4. The normalized spacial score (nSPS) is 13.8. The highest BCUT2D eigenvalue weighted by molar-refractivity contribution is 7.07. The molecule has 0 radical (unpaired) electrons. The zero-order valence-electron chi connectivity index (χ0n) is 20.8. The maximum atomic E-state index is 13.2. The third-order valence-corrected chi connectivity index (χ3v) is 6.94. The molecule has 38 heavy (non-hydrogen) atoms. The number of carbonyl (C=O) groups excluding carboxylic acids is 3. The van der Waals surface area contributed by atoms with Crippen molar-refractivity contribution in [1.29, 1.82) is 0 Å². The monoisotopic (exact) mass is 529 g/mol. The first-order chi connectivity index (χ1) is 18.4. The number of hydrogen-bond donors (Lipinski definition) is 2. The first kappa shape index (κ1) is 25.3. The highest BCUT2D eigenvalue weighted by Gasteiger charge is 2.28. The molecule has 1 aliphatic heterocycles. The van der Waals surface area contributed by atoms with Gasteiger partial charge in [-0.2, -0.15) is 0 Å². The van der Waals surface area contributed by atoms with E-state index in [1.165, 1.54) is 18.3 Å². The van der Waals surface area contributed by atoms with Crippen LogP contribution in [0.3, 0.4) is 0 Å². The standard InChI is InChI=1S/C27H27N7O3S/c1-18(35)29-22-6-3-7-23(13-22)30-26(36)20-8-10-33(11-9-20)27(37)21-5-2-4-19(12-21)14-34-15-24(31-32-34)25-16-38-17-28-25/h2-7,12-13,15-17,20H,8-11,14H2,1H3,(H,29,35)(H,30,36). The van der Waals surface area contributed by atoms with Gasteiger partial charge in [0.2, 0.25) is 11.8 Å². The van der Waals surface area contributed by atoms with Gasteiger partial charge in [0, 0.05) is 48.2 Å². The van der Waals surface area contributed by atoms with Gasteiger partial charge in [0.25, 0.3) is 5.91 Å². The summed E-state index contributed by atoms with van der Waals surface area (Å²) in [4.78, 5) is 43.4. The molecule has 0 saturated carbocycles. The third-order valence-electron chi connectivity index (χ3n) is 6.36. The zero-order chi connectivity index (χ0) is 26.5. The van der Waals surface area contributed by atoms with E-state index < -0.39 is 0 Å². The molecule has 11 heteroatoms. The quantitative estimate of drug-likeness (QED) is 0.374. The molecule has 4 aromatic rings. The summed E-state index contributed by atoms with van der Waals surface area (Å²) in [6, 6.07) is 14.6. The number of thiazole rings is 1. The molecule has 0 bridgehead atoms. The lowest BCUT2D eigenvalue weighted by atomic mass is 9.95. The molecule has 0 aliphatic carbocycles. The summed E-state index contributed by atoms with van der Waals surface area (Å²) in [5, 5.41) is 15.9. The topological polar surface area (TPSA) is 122 Å². The first-order valence-electron chi connectivity index (χ1n) is 12.3. The smallest absolute Gasteiger partial charge is 0.253 e.